The van der Waals surface area contributed by atoms with Crippen molar-refractivity contribution in [1.29, 1.82) is 0 Å². The minimum atomic E-state index is -0.202. The van der Waals surface area contributed by atoms with E-state index in [1.54, 1.807) is 32.4 Å². The van der Waals surface area contributed by atoms with E-state index in [1.165, 1.54) is 5.56 Å². The first kappa shape index (κ1) is 16.9. The van der Waals surface area contributed by atoms with Gasteiger partial charge in [-0.1, -0.05) is 42.8 Å². The normalized spacial score (nSPS) is 11.7. The maximum Gasteiger partial charge on any atom is 0.259 e. The number of benzene rings is 2. The molecule has 1 N–H and O–H groups in total. The van der Waals surface area contributed by atoms with Gasteiger partial charge in [0.1, 0.15) is 17.1 Å². The highest BCUT2D eigenvalue weighted by atomic mass is 16.5. The molecule has 2 rings (SSSR count). The molecule has 0 bridgehead atoms. The highest BCUT2D eigenvalue weighted by Crippen LogP contribution is 2.29. The van der Waals surface area contributed by atoms with Crippen LogP contribution in [0.4, 0.5) is 0 Å². The molecular formula is C19H23NO3. The van der Waals surface area contributed by atoms with Gasteiger partial charge < -0.3 is 14.8 Å². The predicted octanol–water partition coefficient (Wildman–Crippen LogP) is 3.89. The molecule has 2 aromatic carbocycles. The van der Waals surface area contributed by atoms with Crippen LogP contribution in [-0.2, 0) is 0 Å². The van der Waals surface area contributed by atoms with Crippen LogP contribution in [0.5, 0.6) is 11.5 Å². The zero-order chi connectivity index (χ0) is 16.8. The second-order valence-corrected chi connectivity index (χ2v) is 5.38. The van der Waals surface area contributed by atoms with Crippen LogP contribution in [0.3, 0.4) is 0 Å². The van der Waals surface area contributed by atoms with Crippen molar-refractivity contribution in [3.8, 4) is 11.5 Å². The molecule has 0 fully saturated rings. The van der Waals surface area contributed by atoms with Crippen LogP contribution in [0.1, 0.15) is 40.9 Å². The molecule has 4 heteroatoms. The van der Waals surface area contributed by atoms with E-state index in [0.717, 1.165) is 12.0 Å². The lowest BCUT2D eigenvalue weighted by Crippen LogP contribution is -2.28. The number of hydrogen-bond acceptors (Lipinski definition) is 3. The van der Waals surface area contributed by atoms with Gasteiger partial charge in [-0.2, -0.15) is 0 Å². The Bertz CT molecular complexity index is 643. The third-order valence-electron chi connectivity index (χ3n) is 3.85. The number of carbonyl (C=O) groups excluding carboxylic acids is 1. The molecule has 1 atom stereocenters. The van der Waals surface area contributed by atoms with E-state index in [4.69, 9.17) is 9.47 Å². The Kier molecular flexibility index (Phi) is 5.63. The Balaban J connectivity index is 2.28. The molecule has 0 radical (unpaired) electrons. The maximum atomic E-state index is 12.7. The second-order valence-electron chi connectivity index (χ2n) is 5.38. The fourth-order valence-corrected chi connectivity index (χ4v) is 2.53. The molecule has 0 unspecified atom stereocenters. The topological polar surface area (TPSA) is 47.6 Å². The Morgan fingerprint density at radius 2 is 1.61 bits per heavy atom. The molecule has 4 nitrogen and oxygen atoms in total. The molecular weight excluding hydrogens is 290 g/mol. The highest BCUT2D eigenvalue weighted by molar-refractivity contribution is 6.00. The summed E-state index contributed by atoms with van der Waals surface area (Å²) in [5.41, 5.74) is 2.70. The SMILES string of the molecule is CC[C@@H](NC(=O)c1c(OC)cccc1OC)c1ccc(C)cc1. The zero-order valence-corrected chi connectivity index (χ0v) is 14.1. The van der Waals surface area contributed by atoms with Gasteiger partial charge >= 0.3 is 0 Å². The average Bonchev–Trinajstić information content (AvgIpc) is 2.59. The van der Waals surface area contributed by atoms with Crippen LogP contribution in [0.2, 0.25) is 0 Å². The number of methoxy groups -OCH3 is 2. The Morgan fingerprint density at radius 1 is 1.04 bits per heavy atom. The summed E-state index contributed by atoms with van der Waals surface area (Å²) in [4.78, 5) is 12.7. The lowest BCUT2D eigenvalue weighted by atomic mass is 10.0. The lowest BCUT2D eigenvalue weighted by molar-refractivity contribution is 0.0929. The Hall–Kier alpha value is -2.49. The molecule has 0 saturated heterocycles. The molecule has 23 heavy (non-hydrogen) atoms. The van der Waals surface area contributed by atoms with Crippen molar-refractivity contribution in [2.24, 2.45) is 0 Å². The van der Waals surface area contributed by atoms with E-state index in [9.17, 15) is 4.79 Å². The van der Waals surface area contributed by atoms with Gasteiger partial charge in [0, 0.05) is 0 Å². The summed E-state index contributed by atoms with van der Waals surface area (Å²) in [6.07, 6.45) is 0.798. The molecule has 0 heterocycles. The van der Waals surface area contributed by atoms with Crippen LogP contribution in [0.25, 0.3) is 0 Å². The van der Waals surface area contributed by atoms with Crippen LogP contribution >= 0.6 is 0 Å². The summed E-state index contributed by atoms with van der Waals surface area (Å²) in [6.45, 7) is 4.09. The van der Waals surface area contributed by atoms with Crippen molar-refractivity contribution in [3.05, 3.63) is 59.2 Å². The Labute approximate surface area is 137 Å². The minimum Gasteiger partial charge on any atom is -0.496 e. The first-order valence-corrected chi connectivity index (χ1v) is 7.69. The zero-order valence-electron chi connectivity index (χ0n) is 14.1. The number of hydrogen-bond donors (Lipinski definition) is 1. The minimum absolute atomic E-state index is 0.0577. The summed E-state index contributed by atoms with van der Waals surface area (Å²) in [6, 6.07) is 13.4. The van der Waals surface area contributed by atoms with Crippen LogP contribution in [-0.4, -0.2) is 20.1 Å². The van der Waals surface area contributed by atoms with Gasteiger partial charge in [-0.15, -0.1) is 0 Å². The number of rotatable bonds is 6. The summed E-state index contributed by atoms with van der Waals surface area (Å²) >= 11 is 0. The fraction of sp³-hybridized carbons (Fsp3) is 0.316. The van der Waals surface area contributed by atoms with Crippen molar-refractivity contribution in [2.45, 2.75) is 26.3 Å². The van der Waals surface area contributed by atoms with E-state index in [2.05, 4.69) is 5.32 Å². The van der Waals surface area contributed by atoms with Crippen molar-refractivity contribution < 1.29 is 14.3 Å². The molecule has 0 aliphatic carbocycles. The van der Waals surface area contributed by atoms with Crippen molar-refractivity contribution in [2.75, 3.05) is 14.2 Å². The Morgan fingerprint density at radius 3 is 2.09 bits per heavy atom. The monoisotopic (exact) mass is 313 g/mol. The molecule has 0 spiro atoms. The average molecular weight is 313 g/mol. The van der Waals surface area contributed by atoms with Gasteiger partial charge in [-0.05, 0) is 31.0 Å². The first-order chi connectivity index (χ1) is 11.1. The molecule has 0 aromatic heterocycles. The predicted molar refractivity (Wildman–Crippen MR) is 91.2 cm³/mol. The molecule has 2 aromatic rings. The third-order valence-corrected chi connectivity index (χ3v) is 3.85. The van der Waals surface area contributed by atoms with Gasteiger partial charge in [0.05, 0.1) is 20.3 Å². The second kappa shape index (κ2) is 7.68. The smallest absolute Gasteiger partial charge is 0.259 e. The summed E-state index contributed by atoms with van der Waals surface area (Å²) in [7, 11) is 3.09. The number of aryl methyl sites for hydroxylation is 1. The van der Waals surface area contributed by atoms with Crippen molar-refractivity contribution in [3.63, 3.8) is 0 Å². The van der Waals surface area contributed by atoms with E-state index in [-0.39, 0.29) is 11.9 Å². The van der Waals surface area contributed by atoms with Crippen LogP contribution in [0, 0.1) is 6.92 Å². The summed E-state index contributed by atoms with van der Waals surface area (Å²) in [5.74, 6) is 0.799. The molecule has 0 aliphatic heterocycles. The summed E-state index contributed by atoms with van der Waals surface area (Å²) < 4.78 is 10.6. The third kappa shape index (κ3) is 3.83. The highest BCUT2D eigenvalue weighted by Gasteiger charge is 2.21. The van der Waals surface area contributed by atoms with Gasteiger partial charge in [-0.25, -0.2) is 0 Å². The number of carbonyl (C=O) groups is 1. The van der Waals surface area contributed by atoms with E-state index >= 15 is 0 Å². The van der Waals surface area contributed by atoms with Gasteiger partial charge in [0.15, 0.2) is 0 Å². The number of ether oxygens (including phenoxy) is 2. The fourth-order valence-electron chi connectivity index (χ4n) is 2.53. The van der Waals surface area contributed by atoms with E-state index < -0.39 is 0 Å². The molecule has 0 aliphatic rings. The molecule has 0 saturated carbocycles. The number of amides is 1. The van der Waals surface area contributed by atoms with Crippen molar-refractivity contribution >= 4 is 5.91 Å². The first-order valence-electron chi connectivity index (χ1n) is 7.69. The van der Waals surface area contributed by atoms with E-state index in [1.807, 2.05) is 38.1 Å². The lowest BCUT2D eigenvalue weighted by Gasteiger charge is -2.19. The van der Waals surface area contributed by atoms with Gasteiger partial charge in [0.2, 0.25) is 0 Å². The van der Waals surface area contributed by atoms with Gasteiger partial charge in [-0.3, -0.25) is 4.79 Å². The number of nitrogens with one attached hydrogen (secondary N) is 1. The van der Waals surface area contributed by atoms with Crippen LogP contribution in [0.15, 0.2) is 42.5 Å². The molecule has 1 amide bonds. The summed E-state index contributed by atoms with van der Waals surface area (Å²) in [5, 5.41) is 3.07. The van der Waals surface area contributed by atoms with E-state index in [0.29, 0.717) is 17.1 Å². The quantitative estimate of drug-likeness (QED) is 0.880. The van der Waals surface area contributed by atoms with Gasteiger partial charge in [0.25, 0.3) is 5.91 Å². The van der Waals surface area contributed by atoms with Crippen molar-refractivity contribution in [1.82, 2.24) is 5.32 Å². The van der Waals surface area contributed by atoms with Crippen LogP contribution < -0.4 is 14.8 Å². The molecule has 122 valence electrons. The maximum absolute atomic E-state index is 12.7. The largest absolute Gasteiger partial charge is 0.496 e. The standard InChI is InChI=1S/C19H23NO3/c1-5-15(14-11-9-13(2)10-12-14)20-19(21)18-16(22-3)7-6-8-17(18)23-4/h6-12,15H,5H2,1-4H3,(H,20,21)/t15-/m1/s1.